The number of carbonyl (C=O) groups excluding carboxylic acids is 2. The minimum Gasteiger partial charge on any atom is -0.361 e. The van der Waals surface area contributed by atoms with E-state index in [0.717, 1.165) is 41.4 Å². The van der Waals surface area contributed by atoms with Crippen LogP contribution in [0.4, 0.5) is 9.18 Å². The van der Waals surface area contributed by atoms with E-state index in [0.29, 0.717) is 37.7 Å². The van der Waals surface area contributed by atoms with E-state index in [1.807, 2.05) is 48.3 Å². The molecule has 0 aliphatic carbocycles. The maximum absolute atomic E-state index is 13.7. The van der Waals surface area contributed by atoms with Gasteiger partial charge in [-0.05, 0) is 74.3 Å². The van der Waals surface area contributed by atoms with Gasteiger partial charge in [0.15, 0.2) is 0 Å². The van der Waals surface area contributed by atoms with E-state index in [1.54, 1.807) is 18.2 Å². The van der Waals surface area contributed by atoms with Crippen LogP contribution in [-0.2, 0) is 6.54 Å². The van der Waals surface area contributed by atoms with Gasteiger partial charge in [0.1, 0.15) is 5.82 Å². The maximum Gasteiger partial charge on any atom is 0.317 e. The van der Waals surface area contributed by atoms with Gasteiger partial charge in [-0.2, -0.15) is 0 Å². The quantitative estimate of drug-likeness (QED) is 0.498. The highest BCUT2D eigenvalue weighted by molar-refractivity contribution is 5.94. The highest BCUT2D eigenvalue weighted by Gasteiger charge is 2.25. The lowest BCUT2D eigenvalue weighted by atomic mass is 9.89. The Morgan fingerprint density at radius 1 is 1.12 bits per heavy atom. The molecule has 8 heteroatoms. The number of amides is 3. The smallest absolute Gasteiger partial charge is 0.317 e. The summed E-state index contributed by atoms with van der Waals surface area (Å²) in [4.78, 5) is 32.1. The lowest BCUT2D eigenvalue weighted by Crippen LogP contribution is -2.43. The SMILES string of the molecule is CN(C)CCNC(=O)c1cccc(CNC(=O)N2CCC(c3c[nH]c4ccc(F)cc34)CC2)c1. The summed E-state index contributed by atoms with van der Waals surface area (Å²) in [5.74, 6) is -0.0585. The first-order chi connectivity index (χ1) is 16.4. The number of hydrogen-bond acceptors (Lipinski definition) is 3. The highest BCUT2D eigenvalue weighted by Crippen LogP contribution is 2.33. The van der Waals surface area contributed by atoms with Crippen molar-refractivity contribution in [3.63, 3.8) is 0 Å². The molecule has 34 heavy (non-hydrogen) atoms. The van der Waals surface area contributed by atoms with Crippen molar-refractivity contribution in [2.24, 2.45) is 0 Å². The Hall–Kier alpha value is -3.39. The molecule has 0 radical (unpaired) electrons. The van der Waals surface area contributed by atoms with Crippen molar-refractivity contribution in [1.29, 1.82) is 0 Å². The van der Waals surface area contributed by atoms with Crippen molar-refractivity contribution in [2.75, 3.05) is 40.3 Å². The number of halogens is 1. The molecule has 1 aliphatic rings. The number of carbonyl (C=O) groups is 2. The van der Waals surface area contributed by atoms with E-state index in [4.69, 9.17) is 0 Å². The second-order valence-electron chi connectivity index (χ2n) is 9.11. The van der Waals surface area contributed by atoms with E-state index < -0.39 is 0 Å². The monoisotopic (exact) mass is 465 g/mol. The summed E-state index contributed by atoms with van der Waals surface area (Å²) in [5, 5.41) is 6.80. The number of benzene rings is 2. The topological polar surface area (TPSA) is 80.5 Å². The Labute approximate surface area is 199 Å². The molecule has 0 bridgehead atoms. The number of likely N-dealkylation sites (tertiary alicyclic amines) is 1. The third-order valence-electron chi connectivity index (χ3n) is 6.38. The number of nitrogens with zero attached hydrogens (tertiary/aromatic N) is 2. The predicted octanol–water partition coefficient (Wildman–Crippen LogP) is 3.69. The van der Waals surface area contributed by atoms with Crippen LogP contribution in [0.25, 0.3) is 10.9 Å². The van der Waals surface area contributed by atoms with Gasteiger partial charge < -0.3 is 25.4 Å². The van der Waals surface area contributed by atoms with Gasteiger partial charge in [0.25, 0.3) is 5.91 Å². The molecule has 0 spiro atoms. The molecule has 2 heterocycles. The Morgan fingerprint density at radius 3 is 2.68 bits per heavy atom. The minimum atomic E-state index is -0.236. The fourth-order valence-corrected chi connectivity index (χ4v) is 4.45. The first-order valence-corrected chi connectivity index (χ1v) is 11.7. The predicted molar refractivity (Wildman–Crippen MR) is 131 cm³/mol. The summed E-state index contributed by atoms with van der Waals surface area (Å²) >= 11 is 0. The zero-order chi connectivity index (χ0) is 24.1. The molecule has 1 aliphatic heterocycles. The fourth-order valence-electron chi connectivity index (χ4n) is 4.45. The number of rotatable bonds is 7. The molecule has 1 aromatic heterocycles. The van der Waals surface area contributed by atoms with E-state index in [9.17, 15) is 14.0 Å². The molecule has 2 aromatic carbocycles. The van der Waals surface area contributed by atoms with Crippen LogP contribution < -0.4 is 10.6 Å². The van der Waals surface area contributed by atoms with Crippen LogP contribution in [0.2, 0.25) is 0 Å². The van der Waals surface area contributed by atoms with Crippen molar-refractivity contribution in [2.45, 2.75) is 25.3 Å². The van der Waals surface area contributed by atoms with Gasteiger partial charge in [-0.1, -0.05) is 12.1 Å². The molecule has 1 fully saturated rings. The second-order valence-corrected chi connectivity index (χ2v) is 9.11. The number of nitrogens with one attached hydrogen (secondary N) is 3. The Balaban J connectivity index is 1.27. The third-order valence-corrected chi connectivity index (χ3v) is 6.38. The molecule has 3 amide bonds. The molecule has 4 rings (SSSR count). The average Bonchev–Trinajstić information content (AvgIpc) is 3.25. The molecule has 0 saturated carbocycles. The molecule has 7 nitrogen and oxygen atoms in total. The minimum absolute atomic E-state index is 0.107. The first kappa shape index (κ1) is 23.8. The summed E-state index contributed by atoms with van der Waals surface area (Å²) < 4.78 is 13.7. The lowest BCUT2D eigenvalue weighted by Gasteiger charge is -2.32. The van der Waals surface area contributed by atoms with Crippen LogP contribution in [0.5, 0.6) is 0 Å². The molecule has 1 saturated heterocycles. The van der Waals surface area contributed by atoms with Crippen LogP contribution in [0.15, 0.2) is 48.7 Å². The zero-order valence-corrected chi connectivity index (χ0v) is 19.7. The van der Waals surface area contributed by atoms with E-state index in [2.05, 4.69) is 15.6 Å². The van der Waals surface area contributed by atoms with Gasteiger partial charge in [-0.3, -0.25) is 4.79 Å². The van der Waals surface area contributed by atoms with E-state index >= 15 is 0 Å². The largest absolute Gasteiger partial charge is 0.361 e. The summed E-state index contributed by atoms with van der Waals surface area (Å²) in [6, 6.07) is 12.0. The summed E-state index contributed by atoms with van der Waals surface area (Å²) in [6.45, 7) is 3.00. The Bertz CT molecular complexity index is 1150. The Kier molecular flexibility index (Phi) is 7.47. The van der Waals surface area contributed by atoms with Gasteiger partial charge in [-0.15, -0.1) is 0 Å². The van der Waals surface area contributed by atoms with Crippen molar-refractivity contribution in [3.8, 4) is 0 Å². The van der Waals surface area contributed by atoms with E-state index in [-0.39, 0.29) is 17.8 Å². The summed E-state index contributed by atoms with van der Waals surface area (Å²) in [5.41, 5.74) is 3.52. The first-order valence-electron chi connectivity index (χ1n) is 11.7. The highest BCUT2D eigenvalue weighted by atomic mass is 19.1. The van der Waals surface area contributed by atoms with Crippen LogP contribution in [-0.4, -0.2) is 67.0 Å². The molecule has 0 unspecified atom stereocenters. The third kappa shape index (κ3) is 5.75. The molecule has 3 aromatic rings. The van der Waals surface area contributed by atoms with Crippen molar-refractivity contribution >= 4 is 22.8 Å². The standard InChI is InChI=1S/C26H32FN5O2/c1-31(2)13-10-28-25(33)20-5-3-4-18(14-20)16-30-26(34)32-11-8-19(9-12-32)23-17-29-24-7-6-21(27)15-22(23)24/h3-7,14-15,17,19,29H,8-13,16H2,1-2H3,(H,28,33)(H,30,34). The summed E-state index contributed by atoms with van der Waals surface area (Å²) in [6.07, 6.45) is 3.63. The fraction of sp³-hybridized carbons (Fsp3) is 0.385. The van der Waals surface area contributed by atoms with E-state index in [1.165, 1.54) is 6.07 Å². The number of likely N-dealkylation sites (N-methyl/N-ethyl adjacent to an activating group) is 1. The van der Waals surface area contributed by atoms with Gasteiger partial charge in [0.2, 0.25) is 0 Å². The molecule has 180 valence electrons. The number of H-pyrrole nitrogens is 1. The molecule has 3 N–H and O–H groups in total. The average molecular weight is 466 g/mol. The van der Waals surface area contributed by atoms with Crippen molar-refractivity contribution in [3.05, 3.63) is 71.2 Å². The Morgan fingerprint density at radius 2 is 1.91 bits per heavy atom. The lowest BCUT2D eigenvalue weighted by molar-refractivity contribution is 0.0951. The number of urea groups is 1. The number of fused-ring (bicyclic) bond motifs is 1. The molecular formula is C26H32FN5O2. The van der Waals surface area contributed by atoms with Crippen molar-refractivity contribution in [1.82, 2.24) is 25.4 Å². The van der Waals surface area contributed by atoms with Gasteiger partial charge >= 0.3 is 6.03 Å². The van der Waals surface area contributed by atoms with Gasteiger partial charge in [0, 0.05) is 55.4 Å². The van der Waals surface area contributed by atoms with Crippen LogP contribution in [0.1, 0.15) is 40.2 Å². The number of piperidine rings is 1. The van der Waals surface area contributed by atoms with Crippen molar-refractivity contribution < 1.29 is 14.0 Å². The van der Waals surface area contributed by atoms with Crippen LogP contribution in [0, 0.1) is 5.82 Å². The normalized spacial score (nSPS) is 14.5. The van der Waals surface area contributed by atoms with Crippen LogP contribution in [0.3, 0.4) is 0 Å². The molecule has 0 atom stereocenters. The second kappa shape index (κ2) is 10.7. The number of hydrogen-bond donors (Lipinski definition) is 3. The number of aromatic nitrogens is 1. The van der Waals surface area contributed by atoms with Crippen LogP contribution >= 0.6 is 0 Å². The zero-order valence-electron chi connectivity index (χ0n) is 19.7. The number of aromatic amines is 1. The van der Waals surface area contributed by atoms with Gasteiger partial charge in [0.05, 0.1) is 0 Å². The maximum atomic E-state index is 13.7. The molecular weight excluding hydrogens is 433 g/mol. The van der Waals surface area contributed by atoms with Gasteiger partial charge in [-0.25, -0.2) is 9.18 Å². The summed E-state index contributed by atoms with van der Waals surface area (Å²) in [7, 11) is 3.92.